The largest absolute Gasteiger partial charge is 0.350 e. The van der Waals surface area contributed by atoms with Gasteiger partial charge < -0.3 is 14.2 Å². The van der Waals surface area contributed by atoms with Gasteiger partial charge in [-0.25, -0.2) is 0 Å². The Balaban J connectivity index is 5.65. The van der Waals surface area contributed by atoms with Crippen LogP contribution in [0.1, 0.15) is 81.1 Å². The Bertz CT molecular complexity index is 454. The van der Waals surface area contributed by atoms with Crippen LogP contribution in [-0.4, -0.2) is 35.4 Å². The van der Waals surface area contributed by atoms with Crippen molar-refractivity contribution in [1.29, 1.82) is 0 Å². The molecule has 0 N–H and O–H groups in total. The van der Waals surface area contributed by atoms with Crippen molar-refractivity contribution in [3.05, 3.63) is 23.3 Å². The molecule has 4 unspecified atom stereocenters. The lowest BCUT2D eigenvalue weighted by atomic mass is 9.92. The van der Waals surface area contributed by atoms with Gasteiger partial charge in [0, 0.05) is 35.7 Å². The van der Waals surface area contributed by atoms with Crippen LogP contribution in [0.4, 0.5) is 0 Å². The van der Waals surface area contributed by atoms with E-state index in [-0.39, 0.29) is 11.8 Å². The Morgan fingerprint density at radius 3 is 1.34 bits per heavy atom. The average molecular weight is 540 g/mol. The van der Waals surface area contributed by atoms with E-state index < -0.39 is 11.6 Å². The molecule has 0 radical (unpaired) electrons. The number of alkyl halides is 2. The van der Waals surface area contributed by atoms with Crippen molar-refractivity contribution in [1.82, 2.24) is 0 Å². The first-order valence-corrected chi connectivity index (χ1v) is 13.2. The standard InChI is InChI=1S/C24H44Br2O3/c1-9-27-23(7,21(17-25)15-11-13-19(3)4)29-24(8,28-10-2)22(18-26)16-12-14-20(5)6/h13-14,21-22H,9-12,15-18H2,1-8H3. The molecule has 0 aliphatic heterocycles. The molecule has 0 aromatic heterocycles. The van der Waals surface area contributed by atoms with E-state index in [1.807, 2.05) is 13.8 Å². The lowest BCUT2D eigenvalue weighted by Gasteiger charge is -2.46. The summed E-state index contributed by atoms with van der Waals surface area (Å²) in [6.45, 7) is 18.0. The minimum Gasteiger partial charge on any atom is -0.350 e. The van der Waals surface area contributed by atoms with Crippen molar-refractivity contribution in [2.24, 2.45) is 11.8 Å². The maximum Gasteiger partial charge on any atom is 0.172 e. The van der Waals surface area contributed by atoms with Gasteiger partial charge in [-0.2, -0.15) is 0 Å². The summed E-state index contributed by atoms with van der Waals surface area (Å²) >= 11 is 7.42. The first-order chi connectivity index (χ1) is 13.6. The van der Waals surface area contributed by atoms with E-state index >= 15 is 0 Å². The number of halogens is 2. The topological polar surface area (TPSA) is 27.7 Å². The highest BCUT2D eigenvalue weighted by Gasteiger charge is 2.45. The zero-order chi connectivity index (χ0) is 22.5. The summed E-state index contributed by atoms with van der Waals surface area (Å²) in [4.78, 5) is 0. The van der Waals surface area contributed by atoms with E-state index in [1.54, 1.807) is 0 Å². The Morgan fingerprint density at radius 2 is 1.10 bits per heavy atom. The fourth-order valence-corrected chi connectivity index (χ4v) is 5.37. The number of ether oxygens (including phenoxy) is 3. The van der Waals surface area contributed by atoms with Gasteiger partial charge >= 0.3 is 0 Å². The Morgan fingerprint density at radius 1 is 0.759 bits per heavy atom. The summed E-state index contributed by atoms with van der Waals surface area (Å²) in [5.74, 6) is -1.03. The summed E-state index contributed by atoms with van der Waals surface area (Å²) in [6, 6.07) is 0. The van der Waals surface area contributed by atoms with E-state index in [9.17, 15) is 0 Å². The first-order valence-electron chi connectivity index (χ1n) is 10.9. The lowest BCUT2D eigenvalue weighted by Crippen LogP contribution is -2.53. The van der Waals surface area contributed by atoms with Crippen molar-refractivity contribution >= 4 is 31.9 Å². The third kappa shape index (κ3) is 11.0. The molecule has 0 bridgehead atoms. The fraction of sp³-hybridized carbons (Fsp3) is 0.833. The minimum absolute atomic E-state index is 0.214. The molecule has 0 heterocycles. The SMILES string of the molecule is CCOC(C)(OC(C)(OCC)C(CBr)CCC=C(C)C)C(CBr)CCC=C(C)C. The molecule has 0 fully saturated rings. The molecule has 4 atom stereocenters. The maximum absolute atomic E-state index is 6.78. The Hall–Kier alpha value is 0.320. The highest BCUT2D eigenvalue weighted by Crippen LogP contribution is 2.39. The predicted octanol–water partition coefficient (Wildman–Crippen LogP) is 8.02. The van der Waals surface area contributed by atoms with Crippen molar-refractivity contribution in [2.45, 2.75) is 92.6 Å². The minimum atomic E-state index is -0.728. The number of hydrogen-bond acceptors (Lipinski definition) is 3. The summed E-state index contributed by atoms with van der Waals surface area (Å²) in [5, 5.41) is 1.64. The summed E-state index contributed by atoms with van der Waals surface area (Å²) in [6.07, 6.45) is 8.57. The second kappa shape index (κ2) is 15.2. The number of rotatable bonds is 16. The monoisotopic (exact) mass is 538 g/mol. The quantitative estimate of drug-likeness (QED) is 0.113. The van der Waals surface area contributed by atoms with Gasteiger partial charge in [-0.1, -0.05) is 55.2 Å². The molecule has 0 aliphatic carbocycles. The van der Waals surface area contributed by atoms with Crippen LogP contribution in [-0.2, 0) is 14.2 Å². The van der Waals surface area contributed by atoms with E-state index in [1.165, 1.54) is 11.1 Å². The molecule has 0 saturated heterocycles. The predicted molar refractivity (Wildman–Crippen MR) is 133 cm³/mol. The molecule has 0 saturated carbocycles. The third-order valence-corrected chi connectivity index (χ3v) is 6.82. The van der Waals surface area contributed by atoms with Crippen LogP contribution in [0.3, 0.4) is 0 Å². The van der Waals surface area contributed by atoms with Gasteiger partial charge in [0.2, 0.25) is 0 Å². The maximum atomic E-state index is 6.78. The van der Waals surface area contributed by atoms with Gasteiger partial charge in [-0.05, 0) is 81.1 Å². The second-order valence-electron chi connectivity index (χ2n) is 8.42. The van der Waals surface area contributed by atoms with Crippen LogP contribution >= 0.6 is 31.9 Å². The molecule has 0 rings (SSSR count). The van der Waals surface area contributed by atoms with Crippen molar-refractivity contribution in [3.8, 4) is 0 Å². The zero-order valence-electron chi connectivity index (χ0n) is 19.9. The Labute approximate surface area is 197 Å². The van der Waals surface area contributed by atoms with Crippen LogP contribution in [0.25, 0.3) is 0 Å². The van der Waals surface area contributed by atoms with Crippen LogP contribution in [0.5, 0.6) is 0 Å². The van der Waals surface area contributed by atoms with Gasteiger partial charge in [0.05, 0.1) is 0 Å². The highest BCUT2D eigenvalue weighted by molar-refractivity contribution is 9.09. The molecule has 3 nitrogen and oxygen atoms in total. The van der Waals surface area contributed by atoms with E-state index in [2.05, 4.69) is 85.6 Å². The summed E-state index contributed by atoms with van der Waals surface area (Å²) < 4.78 is 19.3. The summed E-state index contributed by atoms with van der Waals surface area (Å²) in [7, 11) is 0. The molecule has 5 heteroatoms. The van der Waals surface area contributed by atoms with Crippen LogP contribution < -0.4 is 0 Å². The zero-order valence-corrected chi connectivity index (χ0v) is 23.1. The molecule has 0 amide bonds. The average Bonchev–Trinajstić information content (AvgIpc) is 2.61. The molecule has 172 valence electrons. The molecular weight excluding hydrogens is 496 g/mol. The van der Waals surface area contributed by atoms with Crippen LogP contribution in [0.15, 0.2) is 23.3 Å². The first kappa shape index (κ1) is 29.3. The summed E-state index contributed by atoms with van der Waals surface area (Å²) in [5.41, 5.74) is 2.69. The van der Waals surface area contributed by atoms with E-state index in [4.69, 9.17) is 14.2 Å². The molecule has 0 aromatic carbocycles. The van der Waals surface area contributed by atoms with E-state index in [0.29, 0.717) is 13.2 Å². The highest BCUT2D eigenvalue weighted by atomic mass is 79.9. The molecular formula is C24H44Br2O3. The molecule has 0 spiro atoms. The second-order valence-corrected chi connectivity index (χ2v) is 9.72. The molecule has 29 heavy (non-hydrogen) atoms. The smallest absolute Gasteiger partial charge is 0.172 e. The van der Waals surface area contributed by atoms with Gasteiger partial charge in [-0.3, -0.25) is 0 Å². The lowest BCUT2D eigenvalue weighted by molar-refractivity contribution is -0.374. The number of hydrogen-bond donors (Lipinski definition) is 0. The fourth-order valence-electron chi connectivity index (χ4n) is 3.54. The van der Waals surface area contributed by atoms with Gasteiger partial charge in [0.15, 0.2) is 11.6 Å². The van der Waals surface area contributed by atoms with Crippen molar-refractivity contribution < 1.29 is 14.2 Å². The van der Waals surface area contributed by atoms with E-state index in [0.717, 1.165) is 36.3 Å². The normalized spacial score (nSPS) is 17.7. The third-order valence-electron chi connectivity index (χ3n) is 5.26. The van der Waals surface area contributed by atoms with Crippen LogP contribution in [0, 0.1) is 11.8 Å². The molecule has 0 aromatic rings. The van der Waals surface area contributed by atoms with Gasteiger partial charge in [0.1, 0.15) is 0 Å². The van der Waals surface area contributed by atoms with Crippen molar-refractivity contribution in [3.63, 3.8) is 0 Å². The number of allylic oxidation sites excluding steroid dienone is 4. The van der Waals surface area contributed by atoms with Crippen LogP contribution in [0.2, 0.25) is 0 Å². The molecule has 0 aliphatic rings. The van der Waals surface area contributed by atoms with Crippen molar-refractivity contribution in [2.75, 3.05) is 23.9 Å². The van der Waals surface area contributed by atoms with Gasteiger partial charge in [0.25, 0.3) is 0 Å². The van der Waals surface area contributed by atoms with Gasteiger partial charge in [-0.15, -0.1) is 0 Å². The Kier molecular flexibility index (Phi) is 15.3.